The van der Waals surface area contributed by atoms with Gasteiger partial charge in [0.2, 0.25) is 0 Å². The molecule has 1 aromatic heterocycles. The highest BCUT2D eigenvalue weighted by molar-refractivity contribution is 5.93. The third-order valence-corrected chi connectivity index (χ3v) is 1.07. The number of rotatable bonds is 1. The van der Waals surface area contributed by atoms with Crippen LogP contribution in [0.3, 0.4) is 0 Å². The summed E-state index contributed by atoms with van der Waals surface area (Å²) in [6, 6.07) is 3.49. The van der Waals surface area contributed by atoms with Crippen LogP contribution in [0.25, 0.3) is 0 Å². The lowest BCUT2D eigenvalue weighted by Gasteiger charge is -1.88. The first-order valence-corrected chi connectivity index (χ1v) is 3.21. The number of hydrogen-bond donors (Lipinski definition) is 1. The molecule has 1 aromatic rings. The maximum Gasteiger partial charge on any atom is 0.290 e. The van der Waals surface area contributed by atoms with Gasteiger partial charge in [0.25, 0.3) is 6.47 Å². The van der Waals surface area contributed by atoms with E-state index < -0.39 is 0 Å². The lowest BCUT2D eigenvalue weighted by atomic mass is 10.2. The van der Waals surface area contributed by atoms with Crippen LogP contribution in [0.5, 0.6) is 0 Å². The Bertz CT molecular complexity index is 246. The average molecular weight is 167 g/mol. The number of carboxylic acid groups (broad SMARTS) is 1. The number of ketones is 1. The van der Waals surface area contributed by atoms with Gasteiger partial charge in [-0.15, -0.1) is 0 Å². The Kier molecular flexibility index (Phi) is 5.17. The molecular weight excluding hydrogens is 158 g/mol. The molecule has 1 heterocycles. The van der Waals surface area contributed by atoms with E-state index in [1.807, 2.05) is 0 Å². The number of nitrogens with zero attached hydrogens (tertiary/aromatic N) is 1. The predicted molar refractivity (Wildman–Crippen MR) is 42.9 cm³/mol. The Labute approximate surface area is 69.9 Å². The fraction of sp³-hybridized carbons (Fsp3) is 0.125. The number of carbonyl (C=O) groups excluding carboxylic acids is 1. The highest BCUT2D eigenvalue weighted by Gasteiger charge is 1.93. The fourth-order valence-corrected chi connectivity index (χ4v) is 0.571. The minimum Gasteiger partial charge on any atom is -0.483 e. The predicted octanol–water partition coefficient (Wildman–Crippen LogP) is 0.985. The summed E-state index contributed by atoms with van der Waals surface area (Å²) in [6.07, 6.45) is 3.20. The molecule has 0 amide bonds. The van der Waals surface area contributed by atoms with E-state index in [0.717, 1.165) is 0 Å². The van der Waals surface area contributed by atoms with Gasteiger partial charge in [-0.2, -0.15) is 0 Å². The van der Waals surface area contributed by atoms with Crippen molar-refractivity contribution in [1.29, 1.82) is 0 Å². The molecule has 64 valence electrons. The molecule has 0 aliphatic heterocycles. The molecule has 0 aliphatic carbocycles. The first kappa shape index (κ1) is 10.3. The Hall–Kier alpha value is -1.71. The SMILES string of the molecule is CC(=O)c1cccnc1.O=CO. The number of hydrogen-bond acceptors (Lipinski definition) is 3. The highest BCUT2D eigenvalue weighted by Crippen LogP contribution is 1.94. The summed E-state index contributed by atoms with van der Waals surface area (Å²) < 4.78 is 0. The fourth-order valence-electron chi connectivity index (χ4n) is 0.571. The van der Waals surface area contributed by atoms with Gasteiger partial charge in [-0.25, -0.2) is 0 Å². The van der Waals surface area contributed by atoms with E-state index in [0.29, 0.717) is 5.56 Å². The van der Waals surface area contributed by atoms with Gasteiger partial charge in [0, 0.05) is 18.0 Å². The number of carbonyl (C=O) groups is 2. The second-order valence-electron chi connectivity index (χ2n) is 1.90. The highest BCUT2D eigenvalue weighted by atomic mass is 16.3. The van der Waals surface area contributed by atoms with Gasteiger partial charge in [-0.3, -0.25) is 14.6 Å². The van der Waals surface area contributed by atoms with E-state index in [1.165, 1.54) is 6.92 Å². The summed E-state index contributed by atoms with van der Waals surface area (Å²) in [5.41, 5.74) is 0.664. The second kappa shape index (κ2) is 6.03. The van der Waals surface area contributed by atoms with E-state index >= 15 is 0 Å². The molecule has 0 aliphatic rings. The quantitative estimate of drug-likeness (QED) is 0.500. The summed E-state index contributed by atoms with van der Waals surface area (Å²) in [5.74, 6) is 0.0584. The number of pyridine rings is 1. The Morgan fingerprint density at radius 2 is 2.25 bits per heavy atom. The maximum absolute atomic E-state index is 10.6. The van der Waals surface area contributed by atoms with Crippen molar-refractivity contribution in [3.05, 3.63) is 30.1 Å². The summed E-state index contributed by atoms with van der Waals surface area (Å²) in [6.45, 7) is 1.27. The van der Waals surface area contributed by atoms with Crippen molar-refractivity contribution in [3.8, 4) is 0 Å². The van der Waals surface area contributed by atoms with Crippen molar-refractivity contribution in [1.82, 2.24) is 4.98 Å². The van der Waals surface area contributed by atoms with Crippen molar-refractivity contribution >= 4 is 12.3 Å². The molecule has 0 fully saturated rings. The zero-order chi connectivity index (χ0) is 9.40. The van der Waals surface area contributed by atoms with E-state index in [9.17, 15) is 4.79 Å². The Balaban J connectivity index is 0.000000354. The summed E-state index contributed by atoms with van der Waals surface area (Å²) in [4.78, 5) is 22.8. The van der Waals surface area contributed by atoms with Crippen LogP contribution in [-0.4, -0.2) is 22.3 Å². The van der Waals surface area contributed by atoms with Crippen molar-refractivity contribution in [3.63, 3.8) is 0 Å². The smallest absolute Gasteiger partial charge is 0.290 e. The van der Waals surface area contributed by atoms with Gasteiger partial charge in [0.05, 0.1) is 0 Å². The zero-order valence-corrected chi connectivity index (χ0v) is 6.60. The van der Waals surface area contributed by atoms with E-state index in [-0.39, 0.29) is 12.3 Å². The van der Waals surface area contributed by atoms with Gasteiger partial charge in [-0.05, 0) is 19.1 Å². The third-order valence-electron chi connectivity index (χ3n) is 1.07. The van der Waals surface area contributed by atoms with Gasteiger partial charge in [-0.1, -0.05) is 0 Å². The van der Waals surface area contributed by atoms with Crippen LogP contribution >= 0.6 is 0 Å². The topological polar surface area (TPSA) is 67.3 Å². The molecule has 0 radical (unpaired) electrons. The van der Waals surface area contributed by atoms with Crippen LogP contribution < -0.4 is 0 Å². The molecule has 1 rings (SSSR count). The van der Waals surface area contributed by atoms with E-state index in [1.54, 1.807) is 24.5 Å². The second-order valence-corrected chi connectivity index (χ2v) is 1.90. The van der Waals surface area contributed by atoms with Crippen LogP contribution in [0.1, 0.15) is 17.3 Å². The van der Waals surface area contributed by atoms with Gasteiger partial charge in [0.1, 0.15) is 0 Å². The lowest BCUT2D eigenvalue weighted by molar-refractivity contribution is -0.122. The lowest BCUT2D eigenvalue weighted by Crippen LogP contribution is -1.90. The minimum absolute atomic E-state index is 0.0584. The third kappa shape index (κ3) is 4.16. The van der Waals surface area contributed by atoms with Gasteiger partial charge < -0.3 is 5.11 Å². The zero-order valence-electron chi connectivity index (χ0n) is 6.60. The average Bonchev–Trinajstić information content (AvgIpc) is 2.07. The molecule has 0 spiro atoms. The maximum atomic E-state index is 10.6. The molecule has 1 N–H and O–H groups in total. The molecular formula is C8H9NO3. The summed E-state index contributed by atoms with van der Waals surface area (Å²) in [7, 11) is 0. The van der Waals surface area contributed by atoms with Crippen molar-refractivity contribution in [2.24, 2.45) is 0 Å². The van der Waals surface area contributed by atoms with Crippen molar-refractivity contribution in [2.75, 3.05) is 0 Å². The molecule has 0 bridgehead atoms. The number of Topliss-reactive ketones (excluding diaryl/α,β-unsaturated/α-hetero) is 1. The van der Waals surface area contributed by atoms with Gasteiger partial charge in [0.15, 0.2) is 5.78 Å². The Morgan fingerprint density at radius 3 is 2.50 bits per heavy atom. The Morgan fingerprint density at radius 1 is 1.67 bits per heavy atom. The monoisotopic (exact) mass is 167 g/mol. The van der Waals surface area contributed by atoms with Crippen molar-refractivity contribution in [2.45, 2.75) is 6.92 Å². The van der Waals surface area contributed by atoms with E-state index in [2.05, 4.69) is 4.98 Å². The standard InChI is InChI=1S/C7H7NO.CH2O2/c1-6(9)7-3-2-4-8-5-7;2-1-3/h2-5H,1H3;1H,(H,2,3). The molecule has 0 atom stereocenters. The first-order chi connectivity index (χ1) is 5.72. The van der Waals surface area contributed by atoms with Crippen LogP contribution in [0.2, 0.25) is 0 Å². The minimum atomic E-state index is -0.250. The molecule has 12 heavy (non-hydrogen) atoms. The van der Waals surface area contributed by atoms with Crippen molar-refractivity contribution < 1.29 is 14.7 Å². The van der Waals surface area contributed by atoms with Crippen LogP contribution in [0.15, 0.2) is 24.5 Å². The summed E-state index contributed by atoms with van der Waals surface area (Å²) >= 11 is 0. The molecule has 0 aromatic carbocycles. The van der Waals surface area contributed by atoms with Crippen LogP contribution in [0, 0.1) is 0 Å². The molecule has 4 heteroatoms. The summed E-state index contributed by atoms with van der Waals surface area (Å²) in [5, 5.41) is 6.89. The van der Waals surface area contributed by atoms with Gasteiger partial charge >= 0.3 is 0 Å². The van der Waals surface area contributed by atoms with Crippen LogP contribution in [0.4, 0.5) is 0 Å². The molecule has 4 nitrogen and oxygen atoms in total. The largest absolute Gasteiger partial charge is 0.483 e. The van der Waals surface area contributed by atoms with Crippen LogP contribution in [-0.2, 0) is 4.79 Å². The molecule has 0 saturated heterocycles. The molecule has 0 saturated carbocycles. The van der Waals surface area contributed by atoms with E-state index in [4.69, 9.17) is 9.90 Å². The molecule has 0 unspecified atom stereocenters. The first-order valence-electron chi connectivity index (χ1n) is 3.21. The number of aromatic nitrogens is 1. The normalized spacial score (nSPS) is 7.75.